The van der Waals surface area contributed by atoms with Crippen LogP contribution < -0.4 is 5.73 Å². The number of aryl methyl sites for hydroxylation is 1. The van der Waals surface area contributed by atoms with E-state index >= 15 is 0 Å². The van der Waals surface area contributed by atoms with Gasteiger partial charge >= 0.3 is 0 Å². The highest BCUT2D eigenvalue weighted by Crippen LogP contribution is 2.16. The lowest BCUT2D eigenvalue weighted by Crippen LogP contribution is -2.39. The molecule has 1 aromatic carbocycles. The van der Waals surface area contributed by atoms with Crippen molar-refractivity contribution in [2.75, 3.05) is 25.4 Å². The molecular formula is C19H24N4O2. The highest BCUT2D eigenvalue weighted by molar-refractivity contribution is 5.96. The molecule has 0 radical (unpaired) electrons. The molecule has 1 aliphatic heterocycles. The zero-order chi connectivity index (χ0) is 17.6. The standard InChI is InChI=1S/C19H24N4O2/c1-14-4-6-15(7-5-14)8-11-23(13-16-3-2-12-25-16)19(24)17-18(20)22-10-9-21-17/h4-7,9-10,16H,2-3,8,11-13H2,1H3,(H2,20,22)/t16-/m0/s1. The van der Waals surface area contributed by atoms with Crippen molar-refractivity contribution in [1.82, 2.24) is 14.9 Å². The number of hydrogen-bond acceptors (Lipinski definition) is 5. The average Bonchev–Trinajstić information content (AvgIpc) is 3.13. The number of anilines is 1. The maximum Gasteiger partial charge on any atom is 0.276 e. The maximum atomic E-state index is 12.9. The summed E-state index contributed by atoms with van der Waals surface area (Å²) in [6.07, 6.45) is 5.86. The van der Waals surface area contributed by atoms with Gasteiger partial charge in [-0.3, -0.25) is 4.79 Å². The smallest absolute Gasteiger partial charge is 0.276 e. The average molecular weight is 340 g/mol. The van der Waals surface area contributed by atoms with Crippen LogP contribution in [0.4, 0.5) is 5.82 Å². The fourth-order valence-corrected chi connectivity index (χ4v) is 2.99. The van der Waals surface area contributed by atoms with Crippen LogP contribution >= 0.6 is 0 Å². The van der Waals surface area contributed by atoms with Crippen LogP contribution in [0.2, 0.25) is 0 Å². The van der Waals surface area contributed by atoms with E-state index in [2.05, 4.69) is 41.2 Å². The molecule has 1 aromatic heterocycles. The van der Waals surface area contributed by atoms with Crippen molar-refractivity contribution in [3.8, 4) is 0 Å². The summed E-state index contributed by atoms with van der Waals surface area (Å²) < 4.78 is 5.71. The second-order valence-corrected chi connectivity index (χ2v) is 6.41. The number of rotatable bonds is 6. The van der Waals surface area contributed by atoms with E-state index in [1.807, 2.05) is 0 Å². The van der Waals surface area contributed by atoms with Crippen LogP contribution in [0.5, 0.6) is 0 Å². The fraction of sp³-hybridized carbons (Fsp3) is 0.421. The van der Waals surface area contributed by atoms with E-state index in [-0.39, 0.29) is 23.5 Å². The molecule has 0 saturated carbocycles. The van der Waals surface area contributed by atoms with Crippen molar-refractivity contribution < 1.29 is 9.53 Å². The van der Waals surface area contributed by atoms with Crippen LogP contribution in [0, 0.1) is 6.92 Å². The molecule has 1 aliphatic rings. The first-order chi connectivity index (χ1) is 12.1. The van der Waals surface area contributed by atoms with Gasteiger partial charge in [0.15, 0.2) is 11.5 Å². The Labute approximate surface area is 148 Å². The number of nitrogens with two attached hydrogens (primary N) is 1. The minimum absolute atomic E-state index is 0.0832. The number of carbonyl (C=O) groups is 1. The van der Waals surface area contributed by atoms with Gasteiger partial charge in [-0.1, -0.05) is 29.8 Å². The maximum absolute atomic E-state index is 12.9. The van der Waals surface area contributed by atoms with E-state index in [4.69, 9.17) is 10.5 Å². The van der Waals surface area contributed by atoms with Crippen LogP contribution in [-0.4, -0.2) is 46.6 Å². The summed E-state index contributed by atoms with van der Waals surface area (Å²) >= 11 is 0. The molecule has 1 atom stereocenters. The topological polar surface area (TPSA) is 81.3 Å². The second kappa shape index (κ2) is 8.07. The van der Waals surface area contributed by atoms with Gasteiger partial charge in [-0.05, 0) is 31.7 Å². The van der Waals surface area contributed by atoms with Crippen LogP contribution in [0.3, 0.4) is 0 Å². The molecule has 25 heavy (non-hydrogen) atoms. The number of hydrogen-bond donors (Lipinski definition) is 1. The van der Waals surface area contributed by atoms with Crippen molar-refractivity contribution in [3.05, 3.63) is 53.5 Å². The van der Waals surface area contributed by atoms with Gasteiger partial charge in [0.25, 0.3) is 5.91 Å². The largest absolute Gasteiger partial charge is 0.382 e. The van der Waals surface area contributed by atoms with Gasteiger partial charge in [-0.25, -0.2) is 9.97 Å². The number of ether oxygens (including phenoxy) is 1. The van der Waals surface area contributed by atoms with Crippen molar-refractivity contribution in [1.29, 1.82) is 0 Å². The molecule has 6 nitrogen and oxygen atoms in total. The van der Waals surface area contributed by atoms with Crippen LogP contribution in [-0.2, 0) is 11.2 Å². The molecule has 132 valence electrons. The number of aromatic nitrogens is 2. The molecule has 0 spiro atoms. The first-order valence-electron chi connectivity index (χ1n) is 8.66. The van der Waals surface area contributed by atoms with Gasteiger partial charge in [0.1, 0.15) is 0 Å². The summed E-state index contributed by atoms with van der Waals surface area (Å²) in [6.45, 7) is 3.98. The summed E-state index contributed by atoms with van der Waals surface area (Å²) in [7, 11) is 0. The molecule has 2 aromatic rings. The van der Waals surface area contributed by atoms with Crippen molar-refractivity contribution in [2.45, 2.75) is 32.3 Å². The van der Waals surface area contributed by atoms with E-state index in [0.29, 0.717) is 13.1 Å². The highest BCUT2D eigenvalue weighted by Gasteiger charge is 2.25. The normalized spacial score (nSPS) is 16.8. The van der Waals surface area contributed by atoms with Crippen molar-refractivity contribution in [2.24, 2.45) is 0 Å². The third-order valence-corrected chi connectivity index (χ3v) is 4.46. The molecule has 6 heteroatoms. The summed E-state index contributed by atoms with van der Waals surface area (Å²) in [5, 5.41) is 0. The molecule has 2 N–H and O–H groups in total. The van der Waals surface area contributed by atoms with Crippen molar-refractivity contribution >= 4 is 11.7 Å². The van der Waals surface area contributed by atoms with E-state index in [9.17, 15) is 4.79 Å². The van der Waals surface area contributed by atoms with Crippen LogP contribution in [0.15, 0.2) is 36.7 Å². The fourth-order valence-electron chi connectivity index (χ4n) is 2.99. The zero-order valence-corrected chi connectivity index (χ0v) is 14.5. The monoisotopic (exact) mass is 340 g/mol. The Kier molecular flexibility index (Phi) is 5.60. The van der Waals surface area contributed by atoms with Gasteiger partial charge in [0.2, 0.25) is 0 Å². The van der Waals surface area contributed by atoms with Gasteiger partial charge in [0, 0.05) is 32.1 Å². The van der Waals surface area contributed by atoms with Gasteiger partial charge < -0.3 is 15.4 Å². The summed E-state index contributed by atoms with van der Waals surface area (Å²) in [4.78, 5) is 22.8. The molecule has 1 fully saturated rings. The lowest BCUT2D eigenvalue weighted by molar-refractivity contribution is 0.0525. The SMILES string of the molecule is Cc1ccc(CCN(C[C@@H]2CCCO2)C(=O)c2nccnc2N)cc1. The molecule has 0 aliphatic carbocycles. The molecule has 1 amide bonds. The van der Waals surface area contributed by atoms with E-state index < -0.39 is 0 Å². The van der Waals surface area contributed by atoms with Crippen molar-refractivity contribution in [3.63, 3.8) is 0 Å². The minimum Gasteiger partial charge on any atom is -0.382 e. The number of carbonyl (C=O) groups excluding carboxylic acids is 1. The predicted molar refractivity (Wildman–Crippen MR) is 96.2 cm³/mol. The van der Waals surface area contributed by atoms with E-state index in [1.165, 1.54) is 23.5 Å². The lowest BCUT2D eigenvalue weighted by atomic mass is 10.1. The second-order valence-electron chi connectivity index (χ2n) is 6.41. The minimum atomic E-state index is -0.187. The van der Waals surface area contributed by atoms with Gasteiger partial charge in [-0.15, -0.1) is 0 Å². The Morgan fingerprint density at radius 2 is 2.04 bits per heavy atom. The molecular weight excluding hydrogens is 316 g/mol. The molecule has 1 saturated heterocycles. The number of nitrogen functional groups attached to an aromatic ring is 1. The molecule has 2 heterocycles. The van der Waals surface area contributed by atoms with Crippen LogP contribution in [0.25, 0.3) is 0 Å². The Morgan fingerprint density at radius 1 is 1.28 bits per heavy atom. The molecule has 0 bridgehead atoms. The Balaban J connectivity index is 1.73. The third-order valence-electron chi connectivity index (χ3n) is 4.46. The first-order valence-corrected chi connectivity index (χ1v) is 8.66. The van der Waals surface area contributed by atoms with Crippen LogP contribution in [0.1, 0.15) is 34.5 Å². The first kappa shape index (κ1) is 17.4. The Morgan fingerprint density at radius 3 is 2.72 bits per heavy atom. The van der Waals surface area contributed by atoms with E-state index in [0.717, 1.165) is 25.9 Å². The zero-order valence-electron chi connectivity index (χ0n) is 14.5. The number of amides is 1. The summed E-state index contributed by atoms with van der Waals surface area (Å²) in [6, 6.07) is 8.37. The lowest BCUT2D eigenvalue weighted by Gasteiger charge is -2.25. The van der Waals surface area contributed by atoms with E-state index in [1.54, 1.807) is 4.90 Å². The summed E-state index contributed by atoms with van der Waals surface area (Å²) in [5.41, 5.74) is 8.47. The predicted octanol–water partition coefficient (Wildman–Crippen LogP) is 2.23. The van der Waals surface area contributed by atoms with Gasteiger partial charge in [0.05, 0.1) is 6.10 Å². The number of benzene rings is 1. The third kappa shape index (κ3) is 4.54. The quantitative estimate of drug-likeness (QED) is 0.872. The van der Waals surface area contributed by atoms with Gasteiger partial charge in [-0.2, -0.15) is 0 Å². The molecule has 3 rings (SSSR count). The summed E-state index contributed by atoms with van der Waals surface area (Å²) in [5.74, 6) is -0.0200. The Hall–Kier alpha value is -2.47. The highest BCUT2D eigenvalue weighted by atomic mass is 16.5. The number of nitrogens with zero attached hydrogens (tertiary/aromatic N) is 3. The molecule has 0 unspecified atom stereocenters. The Bertz CT molecular complexity index is 712.